The maximum Gasteiger partial charge on any atom is 0.167 e. The molecule has 0 saturated carbocycles. The zero-order valence-corrected chi connectivity index (χ0v) is 30.9. The van der Waals surface area contributed by atoms with E-state index in [1.54, 1.807) is 6.92 Å². The van der Waals surface area contributed by atoms with Gasteiger partial charge in [0.05, 0.1) is 17.9 Å². The summed E-state index contributed by atoms with van der Waals surface area (Å²) in [6, 6.07) is 12.3. The smallest absolute Gasteiger partial charge is 0.167 e. The minimum absolute atomic E-state index is 0.0523. The van der Waals surface area contributed by atoms with Crippen LogP contribution < -0.4 is 0 Å². The molecule has 0 spiro atoms. The number of aryl methyl sites for hydroxylation is 4. The largest absolute Gasteiger partial charge is 0.507 e. The standard InChI is InChI=1S/C42H59N3O4/c1-8-10-11-12-13-14-15-16-17-18-19-24-48-28-35(46)29-49-34(7)27-39(47)36(9-2)40-43-41(37-22-20-30(3)25-32(37)5)45-42(44-40)38-23-21-31(4)26-33(38)6/h9,20-23,25-27,35,46-47H,2,8,10-19,24,28-29H2,1,3-7H3/b34-27+,39-36-. The Morgan fingerprint density at radius 1 is 0.755 bits per heavy atom. The Bertz CT molecular complexity index is 1480. The Hall–Kier alpha value is -3.81. The third-order valence-electron chi connectivity index (χ3n) is 8.65. The van der Waals surface area contributed by atoms with Crippen LogP contribution in [-0.2, 0) is 9.47 Å². The minimum Gasteiger partial charge on any atom is -0.507 e. The first-order valence-electron chi connectivity index (χ1n) is 18.2. The summed E-state index contributed by atoms with van der Waals surface area (Å²) in [4.78, 5) is 14.4. The quantitative estimate of drug-likeness (QED) is 0.0624. The van der Waals surface area contributed by atoms with Gasteiger partial charge in [0.15, 0.2) is 17.5 Å². The summed E-state index contributed by atoms with van der Waals surface area (Å²) in [5, 5.41) is 21.6. The van der Waals surface area contributed by atoms with Crippen LogP contribution in [0.15, 0.2) is 66.6 Å². The van der Waals surface area contributed by atoms with Crippen LogP contribution in [0, 0.1) is 27.7 Å². The van der Waals surface area contributed by atoms with Crippen LogP contribution in [0.3, 0.4) is 0 Å². The fourth-order valence-corrected chi connectivity index (χ4v) is 5.85. The lowest BCUT2D eigenvalue weighted by Crippen LogP contribution is -2.21. The summed E-state index contributed by atoms with van der Waals surface area (Å²) in [5.74, 6) is 1.65. The van der Waals surface area contributed by atoms with Crippen molar-refractivity contribution >= 4 is 5.57 Å². The molecule has 0 aliphatic heterocycles. The van der Waals surface area contributed by atoms with Gasteiger partial charge in [-0.05, 0) is 52.2 Å². The van der Waals surface area contributed by atoms with E-state index in [1.165, 1.54) is 69.9 Å². The molecule has 0 aliphatic rings. The molecule has 7 nitrogen and oxygen atoms in total. The van der Waals surface area contributed by atoms with Gasteiger partial charge in [-0.25, -0.2) is 15.0 Å². The predicted molar refractivity (Wildman–Crippen MR) is 202 cm³/mol. The van der Waals surface area contributed by atoms with Gasteiger partial charge in [0, 0.05) is 23.8 Å². The van der Waals surface area contributed by atoms with Crippen LogP contribution in [0.25, 0.3) is 28.3 Å². The molecule has 266 valence electrons. The Balaban J connectivity index is 1.60. The number of hydrogen-bond acceptors (Lipinski definition) is 7. The summed E-state index contributed by atoms with van der Waals surface area (Å²) < 4.78 is 11.4. The predicted octanol–water partition coefficient (Wildman–Crippen LogP) is 10.5. The third kappa shape index (κ3) is 13.6. The van der Waals surface area contributed by atoms with Crippen LogP contribution in [0.5, 0.6) is 0 Å². The number of ether oxygens (including phenoxy) is 2. The van der Waals surface area contributed by atoms with Crippen LogP contribution in [0.2, 0.25) is 0 Å². The Morgan fingerprint density at radius 3 is 1.76 bits per heavy atom. The normalized spacial score (nSPS) is 12.9. The third-order valence-corrected chi connectivity index (χ3v) is 8.65. The van der Waals surface area contributed by atoms with Crippen molar-refractivity contribution in [3.63, 3.8) is 0 Å². The molecule has 7 heteroatoms. The average molecular weight is 670 g/mol. The van der Waals surface area contributed by atoms with Crippen LogP contribution in [-0.4, -0.2) is 51.1 Å². The number of rotatable bonds is 22. The lowest BCUT2D eigenvalue weighted by molar-refractivity contribution is -0.00350. The second kappa shape index (κ2) is 21.3. The minimum atomic E-state index is -0.773. The van der Waals surface area contributed by atoms with Crippen molar-refractivity contribution in [2.45, 2.75) is 118 Å². The second-order valence-corrected chi connectivity index (χ2v) is 13.3. The molecule has 0 amide bonds. The molecule has 3 rings (SSSR count). The first-order chi connectivity index (χ1) is 23.6. The zero-order valence-electron chi connectivity index (χ0n) is 30.9. The first kappa shape index (κ1) is 39.6. The summed E-state index contributed by atoms with van der Waals surface area (Å²) >= 11 is 0. The molecule has 1 aromatic heterocycles. The molecule has 0 radical (unpaired) electrons. The molecule has 1 heterocycles. The lowest BCUT2D eigenvalue weighted by Gasteiger charge is -2.14. The van der Waals surface area contributed by atoms with Gasteiger partial charge in [-0.1, -0.05) is 131 Å². The van der Waals surface area contributed by atoms with Crippen molar-refractivity contribution < 1.29 is 19.7 Å². The Labute approximate surface area is 295 Å². The molecule has 2 N–H and O–H groups in total. The van der Waals surface area contributed by atoms with Crippen molar-refractivity contribution in [3.05, 3.63) is 94.7 Å². The number of nitrogens with zero attached hydrogens (tertiary/aromatic N) is 3. The number of unbranched alkanes of at least 4 members (excludes halogenated alkanes) is 10. The highest BCUT2D eigenvalue weighted by Crippen LogP contribution is 2.28. The van der Waals surface area contributed by atoms with Gasteiger partial charge in [-0.15, -0.1) is 0 Å². The molecule has 0 fully saturated rings. The molecule has 0 aliphatic carbocycles. The second-order valence-electron chi connectivity index (χ2n) is 13.3. The molecule has 1 atom stereocenters. The summed E-state index contributed by atoms with van der Waals surface area (Å²) in [6.07, 6.45) is 16.4. The number of aliphatic hydroxyl groups excluding tert-OH is 2. The zero-order chi connectivity index (χ0) is 35.6. The highest BCUT2D eigenvalue weighted by atomic mass is 16.5. The molecule has 2 aromatic carbocycles. The van der Waals surface area contributed by atoms with E-state index in [9.17, 15) is 10.2 Å². The van der Waals surface area contributed by atoms with E-state index in [0.717, 1.165) is 46.2 Å². The molecule has 0 bridgehead atoms. The SMILES string of the molecule is C=C/C(=C(O)\C=C(/C)OCC(O)COCCCCCCCCCCCCC)c1nc(-c2ccc(C)cc2C)nc(-c2ccc(C)cc2C)n1. The first-order valence-corrected chi connectivity index (χ1v) is 18.2. The number of allylic oxidation sites excluding steroid dienone is 4. The monoisotopic (exact) mass is 669 g/mol. The van der Waals surface area contributed by atoms with E-state index in [2.05, 4.69) is 39.5 Å². The van der Waals surface area contributed by atoms with Crippen LogP contribution >= 0.6 is 0 Å². The van der Waals surface area contributed by atoms with E-state index < -0.39 is 6.10 Å². The fourth-order valence-electron chi connectivity index (χ4n) is 5.85. The van der Waals surface area contributed by atoms with E-state index in [4.69, 9.17) is 24.4 Å². The van der Waals surface area contributed by atoms with Crippen molar-refractivity contribution in [2.24, 2.45) is 0 Å². The van der Waals surface area contributed by atoms with Gasteiger partial charge in [-0.3, -0.25) is 0 Å². The number of hydrogen-bond donors (Lipinski definition) is 2. The van der Waals surface area contributed by atoms with E-state index in [1.807, 2.05) is 38.1 Å². The fraction of sp³-hybridized carbons (Fsp3) is 0.500. The highest BCUT2D eigenvalue weighted by Gasteiger charge is 2.17. The molecule has 0 saturated heterocycles. The lowest BCUT2D eigenvalue weighted by atomic mass is 10.0. The van der Waals surface area contributed by atoms with Gasteiger partial charge >= 0.3 is 0 Å². The van der Waals surface area contributed by atoms with Crippen molar-refractivity contribution in [1.29, 1.82) is 0 Å². The highest BCUT2D eigenvalue weighted by molar-refractivity contribution is 5.75. The number of benzene rings is 2. The van der Waals surface area contributed by atoms with E-state index in [-0.39, 0.29) is 19.0 Å². The Morgan fingerprint density at radius 2 is 1.27 bits per heavy atom. The number of aromatic nitrogens is 3. The van der Waals surface area contributed by atoms with Gasteiger partial charge in [0.2, 0.25) is 0 Å². The maximum absolute atomic E-state index is 11.2. The van der Waals surface area contributed by atoms with Crippen molar-refractivity contribution in [2.75, 3.05) is 19.8 Å². The van der Waals surface area contributed by atoms with Gasteiger partial charge in [0.1, 0.15) is 18.5 Å². The van der Waals surface area contributed by atoms with Gasteiger partial charge < -0.3 is 19.7 Å². The Kier molecular flexibility index (Phi) is 17.2. The average Bonchev–Trinajstić information content (AvgIpc) is 3.06. The van der Waals surface area contributed by atoms with Crippen molar-refractivity contribution in [3.8, 4) is 22.8 Å². The summed E-state index contributed by atoms with van der Waals surface area (Å²) in [5.41, 5.74) is 6.51. The van der Waals surface area contributed by atoms with E-state index in [0.29, 0.717) is 35.4 Å². The number of aliphatic hydroxyl groups is 2. The molecular formula is C42H59N3O4. The van der Waals surface area contributed by atoms with Crippen LogP contribution in [0.1, 0.15) is 113 Å². The van der Waals surface area contributed by atoms with Gasteiger partial charge in [-0.2, -0.15) is 0 Å². The van der Waals surface area contributed by atoms with Crippen molar-refractivity contribution in [1.82, 2.24) is 15.0 Å². The molecule has 3 aromatic rings. The topological polar surface area (TPSA) is 97.6 Å². The molecular weight excluding hydrogens is 610 g/mol. The van der Waals surface area contributed by atoms with Crippen LogP contribution in [0.4, 0.5) is 0 Å². The summed E-state index contributed by atoms with van der Waals surface area (Å²) in [6.45, 7) is 17.0. The van der Waals surface area contributed by atoms with E-state index >= 15 is 0 Å². The molecule has 1 unspecified atom stereocenters. The molecule has 49 heavy (non-hydrogen) atoms. The maximum atomic E-state index is 11.2. The van der Waals surface area contributed by atoms with Gasteiger partial charge in [0.25, 0.3) is 0 Å². The summed E-state index contributed by atoms with van der Waals surface area (Å²) in [7, 11) is 0.